The van der Waals surface area contributed by atoms with Gasteiger partial charge >= 0.3 is 356 Å². The Morgan fingerprint density at radius 1 is 0.610 bits per heavy atom. The summed E-state index contributed by atoms with van der Waals surface area (Å²) in [6.45, 7) is 38.7. The van der Waals surface area contributed by atoms with Gasteiger partial charge in [-0.3, -0.25) is 0 Å². The number of aryl methyl sites for hydroxylation is 2. The van der Waals surface area contributed by atoms with Gasteiger partial charge in [0.05, 0.1) is 0 Å². The minimum atomic E-state index is -3.04. The van der Waals surface area contributed by atoms with Crippen LogP contribution in [0.3, 0.4) is 0 Å². The van der Waals surface area contributed by atoms with E-state index in [9.17, 15) is 0 Å². The molecule has 3 heteroatoms. The molecule has 0 nitrogen and oxygen atoms in total. The molecule has 0 aliphatic heterocycles. The summed E-state index contributed by atoms with van der Waals surface area (Å²) in [6.07, 6.45) is 8.86. The van der Waals surface area contributed by atoms with Crippen molar-refractivity contribution in [2.75, 3.05) is 0 Å². The number of fused-ring (bicyclic) bond motifs is 5. The first kappa shape index (κ1) is 45.7. The van der Waals surface area contributed by atoms with Crippen LogP contribution in [0.25, 0.3) is 22.3 Å². The predicted molar refractivity (Wildman–Crippen MR) is 245 cm³/mol. The molecule has 0 saturated carbocycles. The van der Waals surface area contributed by atoms with Crippen LogP contribution in [-0.2, 0) is 38.5 Å². The molecular weight excluding hydrogens is 835 g/mol. The van der Waals surface area contributed by atoms with Gasteiger partial charge < -0.3 is 24.8 Å². The van der Waals surface area contributed by atoms with Gasteiger partial charge in [0.15, 0.2) is 0 Å². The van der Waals surface area contributed by atoms with Crippen LogP contribution in [0.5, 0.6) is 0 Å². The van der Waals surface area contributed by atoms with Gasteiger partial charge in [0, 0.05) is 0 Å². The van der Waals surface area contributed by atoms with Gasteiger partial charge in [0.25, 0.3) is 0 Å². The van der Waals surface area contributed by atoms with Crippen molar-refractivity contribution in [1.82, 2.24) is 0 Å². The number of hydrogen-bond acceptors (Lipinski definition) is 0. The molecule has 4 aliphatic rings. The molecule has 0 aromatic heterocycles. The third-order valence-corrected chi connectivity index (χ3v) is 22.5. The quantitative estimate of drug-likeness (QED) is 0.169. The molecule has 4 aromatic rings. The van der Waals surface area contributed by atoms with Crippen LogP contribution in [-0.4, -0.2) is 3.21 Å². The summed E-state index contributed by atoms with van der Waals surface area (Å²) in [4.78, 5) is 0. The fourth-order valence-corrected chi connectivity index (χ4v) is 20.6. The summed E-state index contributed by atoms with van der Waals surface area (Å²) < 4.78 is 5.10. The van der Waals surface area contributed by atoms with Gasteiger partial charge in [-0.05, 0) is 0 Å². The Balaban J connectivity index is 0.00000293. The van der Waals surface area contributed by atoms with Crippen molar-refractivity contribution >= 4 is 14.4 Å². The van der Waals surface area contributed by atoms with Crippen molar-refractivity contribution in [2.45, 2.75) is 128 Å². The molecule has 0 radical (unpaired) electrons. The first-order valence-electron chi connectivity index (χ1n) is 21.6. The number of halogens is 2. The fraction of sp³-hybridized carbons (Fsp3) is 0.411. The number of rotatable bonds is 4. The summed E-state index contributed by atoms with van der Waals surface area (Å²) in [5.41, 5.74) is 22.0. The van der Waals surface area contributed by atoms with Gasteiger partial charge in [-0.15, -0.1) is 0 Å². The van der Waals surface area contributed by atoms with Crippen molar-refractivity contribution in [2.24, 2.45) is 22.2 Å². The smallest absolute Gasteiger partial charge is 1.00 e. The largest absolute Gasteiger partial charge is 1.00 e. The van der Waals surface area contributed by atoms with Crippen molar-refractivity contribution < 1.29 is 46.1 Å². The van der Waals surface area contributed by atoms with E-state index in [-0.39, 0.29) is 51.9 Å². The number of allylic oxidation sites excluding steroid dienone is 8. The Kier molecular flexibility index (Phi) is 11.8. The maximum atomic E-state index is 2.69. The first-order valence-corrected chi connectivity index (χ1v) is 25.2. The Bertz CT molecular complexity index is 2480. The Morgan fingerprint density at radius 3 is 1.56 bits per heavy atom. The number of hydrogen-bond donors (Lipinski definition) is 0. The zero-order chi connectivity index (χ0) is 41.4. The third kappa shape index (κ3) is 7.72. The molecule has 4 aliphatic carbocycles. The first-order chi connectivity index (χ1) is 26.4. The van der Waals surface area contributed by atoms with Gasteiger partial charge in [0.2, 0.25) is 0 Å². The van der Waals surface area contributed by atoms with E-state index in [1.165, 1.54) is 77.9 Å². The standard InChI is InChI=1S/C31H37.C15H14.C10H15.2ClH.Zr/c1-28(2,3)26-16-30(7,8)24-12-18-11-19-13-25-23(15-21(19)20(18)14-22(24)26)27(29(4,5)6)17-31(25,9)10;1-12-3-7-14(8-4-12)11-15-9-5-13(2)6-10-15;1-8-5-6-9(7-8)10(2,3)4;;;/h12-16H,11H2,1-10H3;3-10H,1-2H3;6-8H,1-4H3;2*1H;/q;;;;;+2/p-2. The van der Waals surface area contributed by atoms with Gasteiger partial charge in [0.1, 0.15) is 0 Å². The number of benzene rings is 4. The van der Waals surface area contributed by atoms with Crippen LogP contribution >= 0.6 is 0 Å². The van der Waals surface area contributed by atoms with Crippen molar-refractivity contribution in [3.05, 3.63) is 159 Å². The summed E-state index contributed by atoms with van der Waals surface area (Å²) in [5, 5.41) is 0. The normalized spacial score (nSPS) is 18.4. The molecule has 0 heterocycles. The molecule has 1 unspecified atom stereocenters. The van der Waals surface area contributed by atoms with E-state index in [1.807, 2.05) is 0 Å². The minimum Gasteiger partial charge on any atom is -1.00 e. The predicted octanol–water partition coefficient (Wildman–Crippen LogP) is 9.05. The van der Waals surface area contributed by atoms with Crippen LogP contribution in [0.2, 0.25) is 0 Å². The van der Waals surface area contributed by atoms with E-state index in [0.717, 1.165) is 6.42 Å². The van der Waals surface area contributed by atoms with Crippen LogP contribution in [0.15, 0.2) is 103 Å². The van der Waals surface area contributed by atoms with Gasteiger partial charge in [-0.25, -0.2) is 0 Å². The van der Waals surface area contributed by atoms with Gasteiger partial charge in [-0.2, -0.15) is 0 Å². The SMILES string of the molecule is Cc1ccc([C](c2ccc(C)cc2)=[Zr+2]([C]2=CC(C(C)(C)C)=CC2C)[C]2=C(C(C)(C)C)c3cc4c(cc3C2(C)C)Cc2cc3c(cc2-4)C(C(C)(C)C)=CC3(C)C)cc1.[Cl-].[Cl-]. The van der Waals surface area contributed by atoms with Crippen LogP contribution in [0.1, 0.15) is 153 Å². The average molecular weight is 901 g/mol. The summed E-state index contributed by atoms with van der Waals surface area (Å²) >= 11 is -3.04. The van der Waals surface area contributed by atoms with E-state index in [4.69, 9.17) is 0 Å². The molecule has 308 valence electrons. The second kappa shape index (κ2) is 15.2. The molecule has 8 rings (SSSR count). The van der Waals surface area contributed by atoms with E-state index in [2.05, 4.69) is 202 Å². The van der Waals surface area contributed by atoms with Crippen molar-refractivity contribution in [3.63, 3.8) is 0 Å². The maximum absolute atomic E-state index is 3.04. The summed E-state index contributed by atoms with van der Waals surface area (Å²) in [6, 6.07) is 29.6. The molecule has 1 atom stereocenters. The molecule has 0 saturated heterocycles. The van der Waals surface area contributed by atoms with Crippen LogP contribution in [0.4, 0.5) is 0 Å². The summed E-state index contributed by atoms with van der Waals surface area (Å²) in [7, 11) is 0. The Labute approximate surface area is 377 Å². The Hall–Kier alpha value is -2.83. The van der Waals surface area contributed by atoms with E-state index in [1.54, 1.807) is 15.3 Å². The summed E-state index contributed by atoms with van der Waals surface area (Å²) in [5.74, 6) is 0.404. The second-order valence-corrected chi connectivity index (χ2v) is 27.9. The van der Waals surface area contributed by atoms with Crippen LogP contribution < -0.4 is 24.8 Å². The molecular formula is C56H66Cl2Zr. The molecule has 0 spiro atoms. The molecule has 4 aromatic carbocycles. The zero-order valence-electron chi connectivity index (χ0n) is 38.7. The maximum Gasteiger partial charge on any atom is -1.00 e. The van der Waals surface area contributed by atoms with Crippen LogP contribution in [0, 0.1) is 36.0 Å². The second-order valence-electron chi connectivity index (χ2n) is 22.2. The average Bonchev–Trinajstić information content (AvgIpc) is 3.80. The van der Waals surface area contributed by atoms with Crippen molar-refractivity contribution in [1.29, 1.82) is 0 Å². The van der Waals surface area contributed by atoms with E-state index in [0.29, 0.717) is 5.92 Å². The topological polar surface area (TPSA) is 0 Å². The molecule has 0 fully saturated rings. The van der Waals surface area contributed by atoms with Gasteiger partial charge in [-0.1, -0.05) is 0 Å². The molecule has 59 heavy (non-hydrogen) atoms. The van der Waals surface area contributed by atoms with E-state index >= 15 is 0 Å². The minimum absolute atomic E-state index is 0. The fourth-order valence-electron chi connectivity index (χ4n) is 10.5. The molecule has 0 bridgehead atoms. The zero-order valence-corrected chi connectivity index (χ0v) is 42.7. The molecule has 0 amide bonds. The third-order valence-electron chi connectivity index (χ3n) is 13.6. The molecule has 0 N–H and O–H groups in total. The van der Waals surface area contributed by atoms with E-state index < -0.39 is 21.3 Å². The van der Waals surface area contributed by atoms with Crippen molar-refractivity contribution in [3.8, 4) is 11.1 Å². The Morgan fingerprint density at radius 2 is 1.10 bits per heavy atom. The monoisotopic (exact) mass is 898 g/mol.